The Morgan fingerprint density at radius 2 is 2.25 bits per heavy atom. The van der Waals surface area contributed by atoms with Crippen molar-refractivity contribution in [2.45, 2.75) is 4.83 Å². The van der Waals surface area contributed by atoms with Crippen molar-refractivity contribution in [3.8, 4) is 6.07 Å². The monoisotopic (exact) mass is 264 g/mol. The third-order valence-corrected chi connectivity index (χ3v) is 2.74. The first-order chi connectivity index (χ1) is 5.66. The zero-order valence-corrected chi connectivity index (χ0v) is 8.86. The molecule has 0 aliphatic rings. The molecular weight excluding hydrogens is 263 g/mol. The van der Waals surface area contributed by atoms with Crippen LogP contribution in [-0.4, -0.2) is 4.98 Å². The Labute approximate surface area is 88.2 Å². The summed E-state index contributed by atoms with van der Waals surface area (Å²) in [4.78, 5) is 3.32. The third kappa shape index (κ3) is 1.89. The minimum Gasteiger partial charge on any atom is -0.243 e. The largest absolute Gasteiger partial charge is 0.243 e. The van der Waals surface area contributed by atoms with Crippen molar-refractivity contribution in [3.05, 3.63) is 28.0 Å². The van der Waals surface area contributed by atoms with Crippen LogP contribution in [-0.2, 0) is 0 Å². The van der Waals surface area contributed by atoms with E-state index in [1.54, 1.807) is 6.07 Å². The highest BCUT2D eigenvalue weighted by Crippen LogP contribution is 2.31. The molecule has 0 saturated carbocycles. The molecule has 5 heteroatoms. The number of alkyl halides is 1. The standard InChI is InChI=1S/C7H3BrCl2N2/c8-5(3-11)4-1-2-12-7(10)6(4)9/h1-2,5H. The first kappa shape index (κ1) is 9.79. The molecule has 1 aromatic heterocycles. The molecule has 1 heterocycles. The Hall–Kier alpha value is -0.300. The zero-order valence-electron chi connectivity index (χ0n) is 5.76. The van der Waals surface area contributed by atoms with Crippen LogP contribution in [0, 0.1) is 11.3 Å². The quantitative estimate of drug-likeness (QED) is 0.577. The molecule has 62 valence electrons. The molecule has 0 aliphatic heterocycles. The molecule has 0 spiro atoms. The van der Waals surface area contributed by atoms with Crippen molar-refractivity contribution in [2.75, 3.05) is 0 Å². The summed E-state index contributed by atoms with van der Waals surface area (Å²) in [5.74, 6) is 0. The first-order valence-electron chi connectivity index (χ1n) is 3.00. The number of aromatic nitrogens is 1. The van der Waals surface area contributed by atoms with Gasteiger partial charge in [0.25, 0.3) is 0 Å². The van der Waals surface area contributed by atoms with Gasteiger partial charge in [0.15, 0.2) is 0 Å². The van der Waals surface area contributed by atoms with E-state index in [9.17, 15) is 0 Å². The van der Waals surface area contributed by atoms with Gasteiger partial charge in [-0.15, -0.1) is 0 Å². The Balaban J connectivity index is 3.18. The summed E-state index contributed by atoms with van der Waals surface area (Å²) in [6.07, 6.45) is 1.51. The van der Waals surface area contributed by atoms with Crippen molar-refractivity contribution in [2.24, 2.45) is 0 Å². The fourth-order valence-electron chi connectivity index (χ4n) is 0.697. The second-order valence-corrected chi connectivity index (χ2v) is 3.65. The molecule has 0 N–H and O–H groups in total. The Morgan fingerprint density at radius 1 is 1.58 bits per heavy atom. The van der Waals surface area contributed by atoms with Gasteiger partial charge in [-0.25, -0.2) is 4.98 Å². The van der Waals surface area contributed by atoms with Crippen LogP contribution in [0.15, 0.2) is 12.3 Å². The topological polar surface area (TPSA) is 36.7 Å². The van der Waals surface area contributed by atoms with Gasteiger partial charge in [0.2, 0.25) is 0 Å². The summed E-state index contributed by atoms with van der Waals surface area (Å²) < 4.78 is 0. The van der Waals surface area contributed by atoms with Crippen LogP contribution < -0.4 is 0 Å². The van der Waals surface area contributed by atoms with Crippen molar-refractivity contribution < 1.29 is 0 Å². The van der Waals surface area contributed by atoms with Crippen molar-refractivity contribution >= 4 is 39.1 Å². The molecule has 0 bridgehead atoms. The molecule has 0 aliphatic carbocycles. The maximum atomic E-state index is 8.58. The molecule has 0 fully saturated rings. The second kappa shape index (κ2) is 4.08. The zero-order chi connectivity index (χ0) is 9.14. The van der Waals surface area contributed by atoms with Crippen molar-refractivity contribution in [1.29, 1.82) is 5.26 Å². The fourth-order valence-corrected chi connectivity index (χ4v) is 1.60. The van der Waals surface area contributed by atoms with Gasteiger partial charge in [-0.1, -0.05) is 39.1 Å². The number of nitriles is 1. The van der Waals surface area contributed by atoms with E-state index in [1.807, 2.05) is 6.07 Å². The van der Waals surface area contributed by atoms with E-state index in [2.05, 4.69) is 20.9 Å². The van der Waals surface area contributed by atoms with Crippen LogP contribution >= 0.6 is 39.1 Å². The summed E-state index contributed by atoms with van der Waals surface area (Å²) in [6.45, 7) is 0. The Kier molecular flexibility index (Phi) is 3.33. The number of nitrogens with zero attached hydrogens (tertiary/aromatic N) is 2. The average Bonchev–Trinajstić information content (AvgIpc) is 2.08. The van der Waals surface area contributed by atoms with Gasteiger partial charge in [-0.2, -0.15) is 5.26 Å². The molecule has 0 saturated heterocycles. The van der Waals surface area contributed by atoms with Crippen molar-refractivity contribution in [1.82, 2.24) is 4.98 Å². The highest BCUT2D eigenvalue weighted by Gasteiger charge is 2.12. The molecule has 1 aromatic rings. The van der Waals surface area contributed by atoms with E-state index in [0.29, 0.717) is 10.6 Å². The van der Waals surface area contributed by atoms with Gasteiger partial charge in [-0.3, -0.25) is 0 Å². The van der Waals surface area contributed by atoms with Gasteiger partial charge < -0.3 is 0 Å². The highest BCUT2D eigenvalue weighted by molar-refractivity contribution is 9.09. The van der Waals surface area contributed by atoms with E-state index in [0.717, 1.165) is 0 Å². The minimum atomic E-state index is -0.439. The number of halogens is 3. The van der Waals surface area contributed by atoms with Gasteiger partial charge in [0, 0.05) is 11.8 Å². The maximum Gasteiger partial charge on any atom is 0.147 e. The molecule has 1 unspecified atom stereocenters. The summed E-state index contributed by atoms with van der Waals surface area (Å²) in [6, 6.07) is 3.64. The van der Waals surface area contributed by atoms with Crippen LogP contribution in [0.5, 0.6) is 0 Å². The normalized spacial score (nSPS) is 12.2. The molecule has 12 heavy (non-hydrogen) atoms. The fraction of sp³-hybridized carbons (Fsp3) is 0.143. The Morgan fingerprint density at radius 3 is 2.83 bits per heavy atom. The lowest BCUT2D eigenvalue weighted by molar-refractivity contribution is 1.20. The number of rotatable bonds is 1. The summed E-state index contributed by atoms with van der Waals surface area (Å²) in [5, 5.41) is 9.12. The third-order valence-electron chi connectivity index (χ3n) is 1.26. The van der Waals surface area contributed by atoms with Crippen LogP contribution in [0.3, 0.4) is 0 Å². The number of pyridine rings is 1. The SMILES string of the molecule is N#CC(Br)c1ccnc(Cl)c1Cl. The van der Waals surface area contributed by atoms with Crippen LogP contribution in [0.2, 0.25) is 10.2 Å². The van der Waals surface area contributed by atoms with Gasteiger partial charge in [-0.05, 0) is 6.07 Å². The first-order valence-corrected chi connectivity index (χ1v) is 4.67. The smallest absolute Gasteiger partial charge is 0.147 e. The molecule has 2 nitrogen and oxygen atoms in total. The maximum absolute atomic E-state index is 8.58. The summed E-state index contributed by atoms with van der Waals surface area (Å²) >= 11 is 14.6. The molecule has 1 atom stereocenters. The predicted octanol–water partition coefficient (Wildman–Crippen LogP) is 3.35. The lowest BCUT2D eigenvalue weighted by Gasteiger charge is -2.03. The van der Waals surface area contributed by atoms with Gasteiger partial charge >= 0.3 is 0 Å². The van der Waals surface area contributed by atoms with Crippen molar-refractivity contribution in [3.63, 3.8) is 0 Å². The predicted molar refractivity (Wildman–Crippen MR) is 51.5 cm³/mol. The summed E-state index contributed by atoms with van der Waals surface area (Å²) in [7, 11) is 0. The van der Waals surface area contributed by atoms with E-state index in [-0.39, 0.29) is 5.15 Å². The number of hydrogen-bond donors (Lipinski definition) is 0. The van der Waals surface area contributed by atoms with E-state index < -0.39 is 4.83 Å². The lowest BCUT2D eigenvalue weighted by Crippen LogP contribution is -1.89. The van der Waals surface area contributed by atoms with E-state index in [1.165, 1.54) is 6.20 Å². The van der Waals surface area contributed by atoms with Crippen LogP contribution in [0.4, 0.5) is 0 Å². The minimum absolute atomic E-state index is 0.217. The molecule has 0 aromatic carbocycles. The van der Waals surface area contributed by atoms with Crippen LogP contribution in [0.25, 0.3) is 0 Å². The van der Waals surface area contributed by atoms with E-state index in [4.69, 9.17) is 28.5 Å². The molecular formula is C7H3BrCl2N2. The highest BCUT2D eigenvalue weighted by atomic mass is 79.9. The van der Waals surface area contributed by atoms with Gasteiger partial charge in [0.1, 0.15) is 9.98 Å². The van der Waals surface area contributed by atoms with Crippen LogP contribution in [0.1, 0.15) is 10.4 Å². The molecule has 0 amide bonds. The average molecular weight is 266 g/mol. The molecule has 1 rings (SSSR count). The van der Waals surface area contributed by atoms with E-state index >= 15 is 0 Å². The molecule has 0 radical (unpaired) electrons. The second-order valence-electron chi connectivity index (χ2n) is 2.00. The summed E-state index contributed by atoms with van der Waals surface area (Å²) in [5.41, 5.74) is 0.638. The van der Waals surface area contributed by atoms with Gasteiger partial charge in [0.05, 0.1) is 11.1 Å². The lowest BCUT2D eigenvalue weighted by atomic mass is 10.2. The number of hydrogen-bond acceptors (Lipinski definition) is 2. The Bertz CT molecular complexity index is 335.